The predicted molar refractivity (Wildman–Crippen MR) is 107 cm³/mol. The molecule has 0 spiro atoms. The van der Waals surface area contributed by atoms with Crippen molar-refractivity contribution in [3.8, 4) is 0 Å². The van der Waals surface area contributed by atoms with Gasteiger partial charge in [-0.15, -0.1) is 12.4 Å². The van der Waals surface area contributed by atoms with E-state index in [1.807, 2.05) is 0 Å². The summed E-state index contributed by atoms with van der Waals surface area (Å²) in [6.45, 7) is 7.60. The molecule has 140 valence electrons. The van der Waals surface area contributed by atoms with Crippen LogP contribution in [0.1, 0.15) is 11.1 Å². The van der Waals surface area contributed by atoms with Crippen LogP contribution in [0.4, 0.5) is 15.8 Å². The summed E-state index contributed by atoms with van der Waals surface area (Å²) in [5.74, 6) is -0.406. The van der Waals surface area contributed by atoms with E-state index in [4.69, 9.17) is 0 Å². The fourth-order valence-corrected chi connectivity index (χ4v) is 3.06. The van der Waals surface area contributed by atoms with Gasteiger partial charge in [-0.05, 0) is 49.2 Å². The highest BCUT2D eigenvalue weighted by molar-refractivity contribution is 5.92. The lowest BCUT2D eigenvalue weighted by molar-refractivity contribution is -0.117. The van der Waals surface area contributed by atoms with Gasteiger partial charge in [-0.1, -0.05) is 18.2 Å². The molecule has 0 saturated carbocycles. The van der Waals surface area contributed by atoms with Crippen molar-refractivity contribution < 1.29 is 9.18 Å². The van der Waals surface area contributed by atoms with E-state index in [-0.39, 0.29) is 24.1 Å². The molecule has 1 amide bonds. The zero-order chi connectivity index (χ0) is 17.8. The van der Waals surface area contributed by atoms with Crippen LogP contribution in [-0.4, -0.2) is 43.5 Å². The number of hydrogen-bond acceptors (Lipinski definition) is 3. The number of benzene rings is 2. The zero-order valence-electron chi connectivity index (χ0n) is 15.2. The number of amides is 1. The smallest absolute Gasteiger partial charge is 0.238 e. The maximum atomic E-state index is 13.6. The molecule has 1 heterocycles. The lowest BCUT2D eigenvalue weighted by Gasteiger charge is -2.35. The van der Waals surface area contributed by atoms with E-state index in [1.54, 1.807) is 19.1 Å². The van der Waals surface area contributed by atoms with E-state index in [1.165, 1.54) is 17.3 Å². The lowest BCUT2D eigenvalue weighted by atomic mass is 10.2. The molecule has 1 aliphatic heterocycles. The van der Waals surface area contributed by atoms with Crippen LogP contribution >= 0.6 is 12.4 Å². The van der Waals surface area contributed by atoms with E-state index < -0.39 is 0 Å². The molecule has 0 bridgehead atoms. The monoisotopic (exact) mass is 377 g/mol. The maximum absolute atomic E-state index is 13.6. The molecule has 26 heavy (non-hydrogen) atoms. The van der Waals surface area contributed by atoms with Crippen LogP contribution in [0, 0.1) is 19.7 Å². The third-order valence-electron chi connectivity index (χ3n) is 4.56. The van der Waals surface area contributed by atoms with Gasteiger partial charge in [0.2, 0.25) is 5.91 Å². The van der Waals surface area contributed by atoms with Gasteiger partial charge in [0.05, 0.1) is 6.54 Å². The van der Waals surface area contributed by atoms with Gasteiger partial charge in [-0.2, -0.15) is 0 Å². The van der Waals surface area contributed by atoms with Gasteiger partial charge in [0.25, 0.3) is 0 Å². The molecule has 0 aromatic heterocycles. The van der Waals surface area contributed by atoms with E-state index in [9.17, 15) is 9.18 Å². The van der Waals surface area contributed by atoms with Crippen LogP contribution in [-0.2, 0) is 4.79 Å². The molecule has 1 saturated heterocycles. The summed E-state index contributed by atoms with van der Waals surface area (Å²) in [6.07, 6.45) is 0. The number of carbonyl (C=O) groups excluding carboxylic acids is 1. The average molecular weight is 378 g/mol. The first-order valence-electron chi connectivity index (χ1n) is 8.61. The summed E-state index contributed by atoms with van der Waals surface area (Å²) in [6, 6.07) is 13.2. The standard InChI is InChI=1S/C20H24FN3O.ClH/c1-15-4-3-5-18(12-15)24-10-8-23(9-11-24)14-20(25)22-17-7-6-16(2)19(21)13-17;/h3-7,12-13H,8-11,14H2,1-2H3,(H,22,25);1H. The summed E-state index contributed by atoms with van der Waals surface area (Å²) < 4.78 is 13.6. The van der Waals surface area contributed by atoms with Gasteiger partial charge in [0.1, 0.15) is 5.82 Å². The molecule has 0 atom stereocenters. The molecule has 0 aliphatic carbocycles. The highest BCUT2D eigenvalue weighted by Gasteiger charge is 2.19. The highest BCUT2D eigenvalue weighted by atomic mass is 35.5. The number of halogens is 2. The number of carbonyl (C=O) groups is 1. The van der Waals surface area contributed by atoms with Gasteiger partial charge in [-0.3, -0.25) is 9.69 Å². The molecule has 6 heteroatoms. The third kappa shape index (κ3) is 5.19. The van der Waals surface area contributed by atoms with Crippen molar-refractivity contribution in [3.63, 3.8) is 0 Å². The van der Waals surface area contributed by atoms with Gasteiger partial charge in [0, 0.05) is 37.6 Å². The highest BCUT2D eigenvalue weighted by Crippen LogP contribution is 2.18. The zero-order valence-corrected chi connectivity index (χ0v) is 16.0. The van der Waals surface area contributed by atoms with Crippen LogP contribution in [0.5, 0.6) is 0 Å². The number of piperazine rings is 1. The average Bonchev–Trinajstić information content (AvgIpc) is 2.59. The number of rotatable bonds is 4. The largest absolute Gasteiger partial charge is 0.369 e. The summed E-state index contributed by atoms with van der Waals surface area (Å²) in [5, 5.41) is 2.77. The Morgan fingerprint density at radius 1 is 1.08 bits per heavy atom. The van der Waals surface area contributed by atoms with Gasteiger partial charge >= 0.3 is 0 Å². The molecule has 2 aromatic rings. The molecular formula is C20H25ClFN3O. The SMILES string of the molecule is Cc1cccc(N2CCN(CC(=O)Nc3ccc(C)c(F)c3)CC2)c1.Cl. The van der Waals surface area contributed by atoms with Crippen molar-refractivity contribution in [1.29, 1.82) is 0 Å². The van der Waals surface area contributed by atoms with Crippen LogP contribution < -0.4 is 10.2 Å². The molecule has 1 N–H and O–H groups in total. The number of hydrogen-bond donors (Lipinski definition) is 1. The fraction of sp³-hybridized carbons (Fsp3) is 0.350. The Kier molecular flexibility index (Phi) is 7.00. The molecule has 1 aliphatic rings. The van der Waals surface area contributed by atoms with Crippen molar-refractivity contribution in [3.05, 3.63) is 59.4 Å². The summed E-state index contributed by atoms with van der Waals surface area (Å²) in [7, 11) is 0. The minimum Gasteiger partial charge on any atom is -0.369 e. The van der Waals surface area contributed by atoms with Crippen molar-refractivity contribution in [2.24, 2.45) is 0 Å². The van der Waals surface area contributed by atoms with E-state index in [0.29, 0.717) is 17.8 Å². The van der Waals surface area contributed by atoms with Gasteiger partial charge in [0.15, 0.2) is 0 Å². The Hall–Kier alpha value is -2.11. The number of anilines is 2. The van der Waals surface area contributed by atoms with E-state index in [2.05, 4.69) is 46.3 Å². The minimum absolute atomic E-state index is 0. The second kappa shape index (κ2) is 9.01. The molecule has 2 aromatic carbocycles. The lowest BCUT2D eigenvalue weighted by Crippen LogP contribution is -2.48. The van der Waals surface area contributed by atoms with E-state index >= 15 is 0 Å². The Morgan fingerprint density at radius 2 is 1.81 bits per heavy atom. The first kappa shape index (κ1) is 20.2. The van der Waals surface area contributed by atoms with Crippen LogP contribution in [0.15, 0.2) is 42.5 Å². The second-order valence-corrected chi connectivity index (χ2v) is 6.61. The second-order valence-electron chi connectivity index (χ2n) is 6.61. The summed E-state index contributed by atoms with van der Waals surface area (Å²) in [5.41, 5.74) is 3.57. The summed E-state index contributed by atoms with van der Waals surface area (Å²) in [4.78, 5) is 16.7. The van der Waals surface area contributed by atoms with Crippen molar-refractivity contribution >= 4 is 29.7 Å². The summed E-state index contributed by atoms with van der Waals surface area (Å²) >= 11 is 0. The van der Waals surface area contributed by atoms with Crippen molar-refractivity contribution in [1.82, 2.24) is 4.90 Å². The van der Waals surface area contributed by atoms with Crippen molar-refractivity contribution in [2.75, 3.05) is 42.9 Å². The predicted octanol–water partition coefficient (Wildman–Crippen LogP) is 3.63. The Bertz CT molecular complexity index is 760. The van der Waals surface area contributed by atoms with Crippen LogP contribution in [0.2, 0.25) is 0 Å². The first-order chi connectivity index (χ1) is 12.0. The first-order valence-corrected chi connectivity index (χ1v) is 8.61. The van der Waals surface area contributed by atoms with Crippen LogP contribution in [0.25, 0.3) is 0 Å². The quantitative estimate of drug-likeness (QED) is 0.883. The molecule has 4 nitrogen and oxygen atoms in total. The topological polar surface area (TPSA) is 35.6 Å². The molecule has 1 fully saturated rings. The van der Waals surface area contributed by atoms with Crippen molar-refractivity contribution in [2.45, 2.75) is 13.8 Å². The number of aryl methyl sites for hydroxylation is 2. The maximum Gasteiger partial charge on any atom is 0.238 e. The molecular weight excluding hydrogens is 353 g/mol. The number of nitrogens with one attached hydrogen (secondary N) is 1. The van der Waals surface area contributed by atoms with Gasteiger partial charge in [-0.25, -0.2) is 4.39 Å². The van der Waals surface area contributed by atoms with Crippen LogP contribution in [0.3, 0.4) is 0 Å². The normalized spacial score (nSPS) is 14.7. The Labute approximate surface area is 160 Å². The molecule has 3 rings (SSSR count). The molecule has 0 unspecified atom stereocenters. The third-order valence-corrected chi connectivity index (χ3v) is 4.56. The number of nitrogens with zero attached hydrogens (tertiary/aromatic N) is 2. The minimum atomic E-state index is -0.301. The fourth-order valence-electron chi connectivity index (χ4n) is 3.06. The van der Waals surface area contributed by atoms with E-state index in [0.717, 1.165) is 26.2 Å². The molecule has 0 radical (unpaired) electrons. The Balaban J connectivity index is 0.00000243. The Morgan fingerprint density at radius 3 is 2.46 bits per heavy atom. The van der Waals surface area contributed by atoms with Gasteiger partial charge < -0.3 is 10.2 Å².